The van der Waals surface area contributed by atoms with E-state index in [1.54, 1.807) is 13.8 Å². The lowest BCUT2D eigenvalue weighted by Crippen LogP contribution is -2.38. The summed E-state index contributed by atoms with van der Waals surface area (Å²) in [4.78, 5) is 30.6. The second-order valence-corrected chi connectivity index (χ2v) is 6.66. The van der Waals surface area contributed by atoms with Gasteiger partial charge in [0, 0.05) is 0 Å². The molecule has 1 N–H and O–H groups in total. The lowest BCUT2D eigenvalue weighted by atomic mass is 9.99. The molecule has 0 aromatic carbocycles. The van der Waals surface area contributed by atoms with Crippen LogP contribution in [0.3, 0.4) is 0 Å². The van der Waals surface area contributed by atoms with Crippen LogP contribution in [-0.2, 0) is 9.53 Å². The number of thiazole rings is 1. The summed E-state index contributed by atoms with van der Waals surface area (Å²) < 4.78 is 4.97. The number of aromatic nitrogens is 1. The van der Waals surface area contributed by atoms with Crippen LogP contribution in [-0.4, -0.2) is 48.0 Å². The van der Waals surface area contributed by atoms with Crippen LogP contribution in [0.15, 0.2) is 0 Å². The first-order chi connectivity index (χ1) is 10.5. The fourth-order valence-electron chi connectivity index (χ4n) is 2.42. The molecule has 0 aliphatic carbocycles. The monoisotopic (exact) mass is 325 g/mol. The van der Waals surface area contributed by atoms with Crippen molar-refractivity contribution < 1.29 is 14.3 Å². The Morgan fingerprint density at radius 1 is 1.41 bits per heavy atom. The van der Waals surface area contributed by atoms with Gasteiger partial charge in [0.05, 0.1) is 18.8 Å². The van der Waals surface area contributed by atoms with Gasteiger partial charge in [0.15, 0.2) is 5.13 Å². The van der Waals surface area contributed by atoms with Crippen LogP contribution in [0.25, 0.3) is 0 Å². The Hall–Kier alpha value is -1.47. The minimum atomic E-state index is -0.386. The Labute approximate surface area is 134 Å². The number of nitrogens with one attached hydrogen (secondary N) is 1. The van der Waals surface area contributed by atoms with E-state index >= 15 is 0 Å². The molecule has 0 saturated carbocycles. The van der Waals surface area contributed by atoms with Crippen molar-refractivity contribution in [2.45, 2.75) is 33.6 Å². The smallest absolute Gasteiger partial charge is 0.350 e. The molecule has 0 bridgehead atoms. The molecule has 1 saturated heterocycles. The Morgan fingerprint density at radius 2 is 2.09 bits per heavy atom. The van der Waals surface area contributed by atoms with Gasteiger partial charge in [-0.3, -0.25) is 9.69 Å². The molecule has 7 heteroatoms. The first kappa shape index (κ1) is 16.9. The van der Waals surface area contributed by atoms with Crippen molar-refractivity contribution in [2.24, 2.45) is 5.92 Å². The Morgan fingerprint density at radius 3 is 2.73 bits per heavy atom. The van der Waals surface area contributed by atoms with Gasteiger partial charge in [-0.25, -0.2) is 9.78 Å². The maximum absolute atomic E-state index is 12.1. The van der Waals surface area contributed by atoms with E-state index < -0.39 is 0 Å². The normalized spacial score (nSPS) is 16.5. The van der Waals surface area contributed by atoms with E-state index in [1.807, 2.05) is 0 Å². The number of esters is 1. The highest BCUT2D eigenvalue weighted by Crippen LogP contribution is 2.23. The molecule has 2 rings (SSSR count). The number of carbonyl (C=O) groups is 2. The highest BCUT2D eigenvalue weighted by molar-refractivity contribution is 7.17. The second-order valence-electron chi connectivity index (χ2n) is 5.66. The zero-order valence-electron chi connectivity index (χ0n) is 13.3. The number of hydrogen-bond donors (Lipinski definition) is 1. The van der Waals surface area contributed by atoms with Crippen molar-refractivity contribution in [3.63, 3.8) is 0 Å². The van der Waals surface area contributed by atoms with Crippen LogP contribution in [0.1, 0.15) is 42.1 Å². The zero-order valence-corrected chi connectivity index (χ0v) is 14.2. The molecule has 0 radical (unpaired) electrons. The van der Waals surface area contributed by atoms with Gasteiger partial charge in [0.1, 0.15) is 4.88 Å². The molecule has 6 nitrogen and oxygen atoms in total. The first-order valence-electron chi connectivity index (χ1n) is 7.66. The maximum atomic E-state index is 12.1. The molecule has 22 heavy (non-hydrogen) atoms. The third kappa shape index (κ3) is 4.51. The van der Waals surface area contributed by atoms with Crippen LogP contribution in [0.2, 0.25) is 0 Å². The molecule has 122 valence electrons. The molecule has 1 aromatic rings. The topological polar surface area (TPSA) is 71.5 Å². The minimum absolute atomic E-state index is 0.0845. The predicted octanol–water partition coefficient (Wildman–Crippen LogP) is 2.30. The summed E-state index contributed by atoms with van der Waals surface area (Å²) in [6.45, 7) is 8.36. The third-order valence-electron chi connectivity index (χ3n) is 3.75. The highest BCUT2D eigenvalue weighted by Gasteiger charge is 2.20. The molecule has 0 atom stereocenters. The van der Waals surface area contributed by atoms with Crippen LogP contribution in [0, 0.1) is 12.8 Å². The van der Waals surface area contributed by atoms with Gasteiger partial charge in [0.25, 0.3) is 0 Å². The average Bonchev–Trinajstić information content (AvgIpc) is 2.82. The third-order valence-corrected chi connectivity index (χ3v) is 4.80. The number of carbonyl (C=O) groups excluding carboxylic acids is 2. The minimum Gasteiger partial charge on any atom is -0.462 e. The van der Waals surface area contributed by atoms with Gasteiger partial charge in [-0.2, -0.15) is 0 Å². The SMILES string of the molecule is CCOC(=O)c1sc(NC(=O)CN2CCC(C)CC2)nc1C. The van der Waals surface area contributed by atoms with Gasteiger partial charge in [-0.05, 0) is 45.7 Å². The molecule has 0 spiro atoms. The number of likely N-dealkylation sites (tertiary alicyclic amines) is 1. The summed E-state index contributed by atoms with van der Waals surface area (Å²) in [5.74, 6) is 0.273. The van der Waals surface area contributed by atoms with Gasteiger partial charge >= 0.3 is 5.97 Å². The molecule has 2 heterocycles. The predicted molar refractivity (Wildman–Crippen MR) is 86.3 cm³/mol. The Kier molecular flexibility index (Phi) is 5.90. The van der Waals surface area contributed by atoms with Crippen molar-refractivity contribution in [1.82, 2.24) is 9.88 Å². The fourth-order valence-corrected chi connectivity index (χ4v) is 3.29. The van der Waals surface area contributed by atoms with E-state index in [1.165, 1.54) is 0 Å². The second kappa shape index (κ2) is 7.69. The number of anilines is 1. The molecule has 1 amide bonds. The number of nitrogens with zero attached hydrogens (tertiary/aromatic N) is 2. The fraction of sp³-hybridized carbons (Fsp3) is 0.667. The number of aryl methyl sites for hydroxylation is 1. The standard InChI is InChI=1S/C15H23N3O3S/c1-4-21-14(20)13-11(3)16-15(22-13)17-12(19)9-18-7-5-10(2)6-8-18/h10H,4-9H2,1-3H3,(H,16,17,19). The quantitative estimate of drug-likeness (QED) is 0.841. The average molecular weight is 325 g/mol. The van der Waals surface area contributed by atoms with Crippen LogP contribution < -0.4 is 5.32 Å². The number of ether oxygens (including phenoxy) is 1. The van der Waals surface area contributed by atoms with Crippen molar-refractivity contribution >= 4 is 28.3 Å². The summed E-state index contributed by atoms with van der Waals surface area (Å²) >= 11 is 1.16. The van der Waals surface area contributed by atoms with Crippen LogP contribution >= 0.6 is 11.3 Å². The zero-order chi connectivity index (χ0) is 16.1. The number of rotatable bonds is 5. The summed E-state index contributed by atoms with van der Waals surface area (Å²) in [6, 6.07) is 0. The summed E-state index contributed by atoms with van der Waals surface area (Å²) in [7, 11) is 0. The molecule has 1 aromatic heterocycles. The van der Waals surface area contributed by atoms with Crippen LogP contribution in [0.4, 0.5) is 5.13 Å². The summed E-state index contributed by atoms with van der Waals surface area (Å²) in [6.07, 6.45) is 2.27. The molecule has 1 fully saturated rings. The summed E-state index contributed by atoms with van der Waals surface area (Å²) in [5.41, 5.74) is 0.588. The molecular weight excluding hydrogens is 302 g/mol. The van der Waals surface area contributed by atoms with E-state index in [0.717, 1.165) is 43.2 Å². The van der Waals surface area contributed by atoms with Crippen LogP contribution in [0.5, 0.6) is 0 Å². The number of amides is 1. The lowest BCUT2D eigenvalue weighted by Gasteiger charge is -2.29. The summed E-state index contributed by atoms with van der Waals surface area (Å²) in [5, 5.41) is 3.23. The Balaban J connectivity index is 1.89. The van der Waals surface area contributed by atoms with E-state index in [0.29, 0.717) is 28.9 Å². The van der Waals surface area contributed by atoms with Gasteiger partial charge in [-0.1, -0.05) is 18.3 Å². The first-order valence-corrected chi connectivity index (χ1v) is 8.48. The molecule has 1 aliphatic rings. The van der Waals surface area contributed by atoms with Gasteiger partial charge in [-0.15, -0.1) is 0 Å². The van der Waals surface area contributed by atoms with Crippen molar-refractivity contribution in [2.75, 3.05) is 31.6 Å². The largest absolute Gasteiger partial charge is 0.462 e. The number of piperidine rings is 1. The van der Waals surface area contributed by atoms with Crippen molar-refractivity contribution in [3.8, 4) is 0 Å². The maximum Gasteiger partial charge on any atom is 0.350 e. The lowest BCUT2D eigenvalue weighted by molar-refractivity contribution is -0.117. The molecule has 1 aliphatic heterocycles. The van der Waals surface area contributed by atoms with Gasteiger partial charge < -0.3 is 10.1 Å². The Bertz CT molecular complexity index is 536. The van der Waals surface area contributed by atoms with Crippen molar-refractivity contribution in [1.29, 1.82) is 0 Å². The molecular formula is C15H23N3O3S. The highest BCUT2D eigenvalue weighted by atomic mass is 32.1. The molecule has 0 unspecified atom stereocenters. The van der Waals surface area contributed by atoms with Gasteiger partial charge in [0.2, 0.25) is 5.91 Å². The van der Waals surface area contributed by atoms with E-state index in [4.69, 9.17) is 4.74 Å². The van der Waals surface area contributed by atoms with E-state index in [-0.39, 0.29) is 11.9 Å². The van der Waals surface area contributed by atoms with Crippen molar-refractivity contribution in [3.05, 3.63) is 10.6 Å². The van der Waals surface area contributed by atoms with E-state index in [9.17, 15) is 9.59 Å². The number of hydrogen-bond acceptors (Lipinski definition) is 6. The van der Waals surface area contributed by atoms with E-state index in [2.05, 4.69) is 22.1 Å².